The lowest BCUT2D eigenvalue weighted by molar-refractivity contribution is -0.134. The predicted octanol–water partition coefficient (Wildman–Crippen LogP) is -0.306. The van der Waals surface area contributed by atoms with Gasteiger partial charge in [0.05, 0.1) is 10.4 Å². The van der Waals surface area contributed by atoms with Gasteiger partial charge < -0.3 is 16.4 Å². The first kappa shape index (κ1) is 12.9. The Morgan fingerprint density at radius 1 is 1.44 bits per heavy atom. The summed E-state index contributed by atoms with van der Waals surface area (Å²) in [4.78, 5) is 23.4. The Morgan fingerprint density at radius 3 is 2.31 bits per heavy atom. The fourth-order valence-electron chi connectivity index (χ4n) is 1.73. The maximum atomic E-state index is 12.0. The van der Waals surface area contributed by atoms with Crippen molar-refractivity contribution in [3.05, 3.63) is 0 Å². The molecule has 0 aromatic carbocycles. The van der Waals surface area contributed by atoms with E-state index in [0.29, 0.717) is 12.8 Å². The summed E-state index contributed by atoms with van der Waals surface area (Å²) in [6, 6.07) is -0.565. The van der Waals surface area contributed by atoms with Crippen LogP contribution >= 0.6 is 12.2 Å². The summed E-state index contributed by atoms with van der Waals surface area (Å²) in [5.74, 6) is -0.465. The lowest BCUT2D eigenvalue weighted by Crippen LogP contribution is -2.56. The van der Waals surface area contributed by atoms with Crippen molar-refractivity contribution in [3.63, 3.8) is 0 Å². The number of amides is 2. The number of nitrogens with one attached hydrogen (secondary N) is 2. The molecule has 1 saturated carbocycles. The zero-order valence-corrected chi connectivity index (χ0v) is 10.3. The Hall–Kier alpha value is -1.17. The molecule has 0 aromatic heterocycles. The SMILES string of the molecule is CNC(=O)C(C)NC(=O)C1(C(N)=S)CCC1. The van der Waals surface area contributed by atoms with Crippen LogP contribution < -0.4 is 16.4 Å². The van der Waals surface area contributed by atoms with Gasteiger partial charge in [-0.25, -0.2) is 0 Å². The molecule has 1 aliphatic carbocycles. The fraction of sp³-hybridized carbons (Fsp3) is 0.700. The number of likely N-dealkylation sites (N-methyl/N-ethyl adjacent to an activating group) is 1. The predicted molar refractivity (Wildman–Crippen MR) is 64.7 cm³/mol. The van der Waals surface area contributed by atoms with E-state index in [1.54, 1.807) is 6.92 Å². The van der Waals surface area contributed by atoms with Gasteiger partial charge in [0.25, 0.3) is 0 Å². The first-order valence-electron chi connectivity index (χ1n) is 5.26. The highest BCUT2D eigenvalue weighted by atomic mass is 32.1. The highest BCUT2D eigenvalue weighted by molar-refractivity contribution is 7.80. The van der Waals surface area contributed by atoms with E-state index in [-0.39, 0.29) is 16.8 Å². The maximum absolute atomic E-state index is 12.0. The number of carbonyl (C=O) groups excluding carboxylic acids is 2. The van der Waals surface area contributed by atoms with Gasteiger partial charge in [-0.2, -0.15) is 0 Å². The van der Waals surface area contributed by atoms with Crippen LogP contribution in [0.15, 0.2) is 0 Å². The molecule has 1 fully saturated rings. The summed E-state index contributed by atoms with van der Waals surface area (Å²) in [6.07, 6.45) is 2.29. The van der Waals surface area contributed by atoms with Crippen molar-refractivity contribution < 1.29 is 9.59 Å². The van der Waals surface area contributed by atoms with Crippen LogP contribution in [-0.2, 0) is 9.59 Å². The van der Waals surface area contributed by atoms with Crippen molar-refractivity contribution in [2.75, 3.05) is 7.05 Å². The van der Waals surface area contributed by atoms with Gasteiger partial charge in [-0.3, -0.25) is 9.59 Å². The smallest absolute Gasteiger partial charge is 0.242 e. The summed E-state index contributed by atoms with van der Waals surface area (Å²) >= 11 is 4.92. The Kier molecular flexibility index (Phi) is 3.85. The molecule has 2 amide bonds. The normalized spacial score (nSPS) is 19.1. The average Bonchev–Trinajstić information content (AvgIpc) is 2.13. The highest BCUT2D eigenvalue weighted by Crippen LogP contribution is 2.41. The molecule has 0 heterocycles. The molecule has 0 radical (unpaired) electrons. The molecule has 1 aliphatic rings. The van der Waals surface area contributed by atoms with Crippen molar-refractivity contribution in [2.45, 2.75) is 32.2 Å². The van der Waals surface area contributed by atoms with E-state index in [4.69, 9.17) is 18.0 Å². The summed E-state index contributed by atoms with van der Waals surface area (Å²) in [5.41, 5.74) is 4.86. The van der Waals surface area contributed by atoms with Crippen LogP contribution in [0.4, 0.5) is 0 Å². The van der Waals surface area contributed by atoms with E-state index in [1.807, 2.05) is 0 Å². The van der Waals surface area contributed by atoms with Crippen LogP contribution in [-0.4, -0.2) is 29.9 Å². The molecule has 5 nitrogen and oxygen atoms in total. The van der Waals surface area contributed by atoms with Crippen molar-refractivity contribution >= 4 is 29.0 Å². The zero-order chi connectivity index (χ0) is 12.3. The third-order valence-corrected chi connectivity index (χ3v) is 3.49. The zero-order valence-electron chi connectivity index (χ0n) is 9.50. The molecule has 0 aromatic rings. The van der Waals surface area contributed by atoms with Gasteiger partial charge in [-0.1, -0.05) is 18.6 Å². The lowest BCUT2D eigenvalue weighted by atomic mass is 9.68. The molecule has 0 aliphatic heterocycles. The monoisotopic (exact) mass is 243 g/mol. The Labute approximate surface area is 100 Å². The minimum Gasteiger partial charge on any atom is -0.392 e. The van der Waals surface area contributed by atoms with E-state index in [9.17, 15) is 9.59 Å². The first-order valence-corrected chi connectivity index (χ1v) is 5.67. The minimum atomic E-state index is -0.725. The second-order valence-electron chi connectivity index (χ2n) is 4.11. The maximum Gasteiger partial charge on any atom is 0.242 e. The van der Waals surface area contributed by atoms with Gasteiger partial charge >= 0.3 is 0 Å². The highest BCUT2D eigenvalue weighted by Gasteiger charge is 2.47. The number of nitrogens with two attached hydrogens (primary N) is 1. The molecule has 0 bridgehead atoms. The van der Waals surface area contributed by atoms with E-state index in [1.165, 1.54) is 7.05 Å². The largest absolute Gasteiger partial charge is 0.392 e. The fourth-order valence-corrected chi connectivity index (χ4v) is 2.03. The topological polar surface area (TPSA) is 84.2 Å². The van der Waals surface area contributed by atoms with Crippen molar-refractivity contribution in [2.24, 2.45) is 11.1 Å². The van der Waals surface area contributed by atoms with Gasteiger partial charge in [0.15, 0.2) is 0 Å². The van der Waals surface area contributed by atoms with Gasteiger partial charge in [-0.15, -0.1) is 0 Å². The van der Waals surface area contributed by atoms with Crippen LogP contribution in [0.25, 0.3) is 0 Å². The molecule has 90 valence electrons. The molecule has 1 atom stereocenters. The first-order chi connectivity index (χ1) is 7.44. The van der Waals surface area contributed by atoms with Crippen LogP contribution in [0.1, 0.15) is 26.2 Å². The third kappa shape index (κ3) is 2.16. The quantitative estimate of drug-likeness (QED) is 0.592. The van der Waals surface area contributed by atoms with Gasteiger partial charge in [0, 0.05) is 7.05 Å². The molecule has 6 heteroatoms. The van der Waals surface area contributed by atoms with E-state index >= 15 is 0 Å². The number of rotatable bonds is 4. The van der Waals surface area contributed by atoms with Crippen molar-refractivity contribution in [3.8, 4) is 0 Å². The van der Waals surface area contributed by atoms with Crippen LogP contribution in [0.2, 0.25) is 0 Å². The second kappa shape index (κ2) is 4.78. The summed E-state index contributed by atoms with van der Waals surface area (Å²) in [6.45, 7) is 1.63. The molecule has 1 rings (SSSR count). The molecule has 0 saturated heterocycles. The summed E-state index contributed by atoms with van der Waals surface area (Å²) in [5, 5.41) is 5.11. The molecule has 4 N–H and O–H groups in total. The standard InChI is InChI=1S/C10H17N3O2S/c1-6(7(14)12-2)13-9(15)10(8(11)16)4-3-5-10/h6H,3-5H2,1-2H3,(H2,11,16)(H,12,14)(H,13,15). The number of thiocarbonyl (C=S) groups is 1. The lowest BCUT2D eigenvalue weighted by Gasteiger charge is -2.39. The van der Waals surface area contributed by atoms with Crippen LogP contribution in [0.5, 0.6) is 0 Å². The molecule has 1 unspecified atom stereocenters. The van der Waals surface area contributed by atoms with Crippen molar-refractivity contribution in [1.29, 1.82) is 0 Å². The molecule has 0 spiro atoms. The Bertz CT molecular complexity index is 326. The Balaban J connectivity index is 2.64. The summed E-state index contributed by atoms with van der Waals surface area (Å²) < 4.78 is 0. The number of hydrogen-bond acceptors (Lipinski definition) is 3. The second-order valence-corrected chi connectivity index (χ2v) is 4.55. The molecular formula is C10H17N3O2S. The molecule has 16 heavy (non-hydrogen) atoms. The van der Waals surface area contributed by atoms with Gasteiger partial charge in [0.2, 0.25) is 11.8 Å². The molecular weight excluding hydrogens is 226 g/mol. The average molecular weight is 243 g/mol. The minimum absolute atomic E-state index is 0.223. The van der Waals surface area contributed by atoms with Crippen LogP contribution in [0.3, 0.4) is 0 Å². The Morgan fingerprint density at radius 2 is 2.00 bits per heavy atom. The number of carbonyl (C=O) groups is 2. The van der Waals surface area contributed by atoms with Gasteiger partial charge in [-0.05, 0) is 19.8 Å². The van der Waals surface area contributed by atoms with Crippen molar-refractivity contribution in [1.82, 2.24) is 10.6 Å². The summed E-state index contributed by atoms with van der Waals surface area (Å²) in [7, 11) is 1.53. The van der Waals surface area contributed by atoms with E-state index in [2.05, 4.69) is 10.6 Å². The number of hydrogen-bond donors (Lipinski definition) is 3. The van der Waals surface area contributed by atoms with E-state index in [0.717, 1.165) is 6.42 Å². The van der Waals surface area contributed by atoms with Gasteiger partial charge in [0.1, 0.15) is 6.04 Å². The van der Waals surface area contributed by atoms with Crippen LogP contribution in [0, 0.1) is 5.41 Å². The third-order valence-electron chi connectivity index (χ3n) is 3.10. The van der Waals surface area contributed by atoms with E-state index < -0.39 is 11.5 Å².